The number of nitrogens with one attached hydrogen (secondary N) is 2. The van der Waals surface area contributed by atoms with Gasteiger partial charge in [0.25, 0.3) is 11.8 Å². The second kappa shape index (κ2) is 8.07. The van der Waals surface area contributed by atoms with Crippen molar-refractivity contribution in [3.8, 4) is 5.69 Å². The quantitative estimate of drug-likeness (QED) is 0.509. The van der Waals surface area contributed by atoms with Gasteiger partial charge in [-0.1, -0.05) is 6.07 Å². The van der Waals surface area contributed by atoms with Crippen molar-refractivity contribution >= 4 is 34.5 Å². The highest BCUT2D eigenvalue weighted by atomic mass is 32.1. The Morgan fingerprint density at radius 1 is 0.897 bits per heavy atom. The summed E-state index contributed by atoms with van der Waals surface area (Å²) in [7, 11) is 0. The van der Waals surface area contributed by atoms with Crippen molar-refractivity contribution in [2.75, 3.05) is 10.6 Å². The highest BCUT2D eigenvalue weighted by Crippen LogP contribution is 2.18. The van der Waals surface area contributed by atoms with Crippen molar-refractivity contribution in [2.45, 2.75) is 0 Å². The number of imidazole rings is 1. The lowest BCUT2D eigenvalue weighted by atomic mass is 10.2. The average Bonchev–Trinajstić information content (AvgIpc) is 3.42. The Kier molecular flexibility index (Phi) is 5.17. The van der Waals surface area contributed by atoms with Gasteiger partial charge in [0, 0.05) is 17.1 Å². The SMILES string of the molecule is O=C(Nc1ccc(NC(=O)c2cncn2-c2ccc(F)cc2)cc1)c1cccs1. The molecule has 0 aliphatic heterocycles. The number of carbonyl (C=O) groups is 2. The zero-order valence-electron chi connectivity index (χ0n) is 15.0. The molecule has 2 aromatic carbocycles. The lowest BCUT2D eigenvalue weighted by molar-refractivity contribution is 0.101. The molecule has 0 saturated heterocycles. The molecule has 6 nitrogen and oxygen atoms in total. The van der Waals surface area contributed by atoms with E-state index in [1.165, 1.54) is 36.0 Å². The van der Waals surface area contributed by atoms with Crippen LogP contribution in [-0.4, -0.2) is 21.4 Å². The number of halogens is 1. The third-order valence-electron chi connectivity index (χ3n) is 4.12. The Hall–Kier alpha value is -3.78. The molecule has 2 heterocycles. The molecule has 0 atom stereocenters. The maximum atomic E-state index is 13.1. The van der Waals surface area contributed by atoms with E-state index in [-0.39, 0.29) is 17.6 Å². The van der Waals surface area contributed by atoms with Crippen LogP contribution in [0.25, 0.3) is 5.69 Å². The summed E-state index contributed by atoms with van der Waals surface area (Å²) in [6.07, 6.45) is 2.93. The fraction of sp³-hybridized carbons (Fsp3) is 0. The van der Waals surface area contributed by atoms with E-state index < -0.39 is 0 Å². The van der Waals surface area contributed by atoms with Gasteiger partial charge in [-0.25, -0.2) is 9.37 Å². The van der Waals surface area contributed by atoms with Gasteiger partial charge in [-0.2, -0.15) is 0 Å². The number of anilines is 2. The van der Waals surface area contributed by atoms with Gasteiger partial charge in [0.1, 0.15) is 11.5 Å². The highest BCUT2D eigenvalue weighted by Gasteiger charge is 2.14. The molecule has 2 aromatic heterocycles. The summed E-state index contributed by atoms with van der Waals surface area (Å²) in [5, 5.41) is 7.43. The van der Waals surface area contributed by atoms with E-state index >= 15 is 0 Å². The fourth-order valence-electron chi connectivity index (χ4n) is 2.70. The first-order valence-corrected chi connectivity index (χ1v) is 9.53. The summed E-state index contributed by atoms with van der Waals surface area (Å²) in [4.78, 5) is 29.4. The van der Waals surface area contributed by atoms with Crippen LogP contribution in [0, 0.1) is 5.82 Å². The molecule has 0 saturated carbocycles. The molecule has 0 spiro atoms. The van der Waals surface area contributed by atoms with E-state index in [2.05, 4.69) is 15.6 Å². The summed E-state index contributed by atoms with van der Waals surface area (Å²) in [6, 6.07) is 16.1. The molecule has 0 bridgehead atoms. The minimum atomic E-state index is -0.359. The maximum absolute atomic E-state index is 13.1. The molecule has 0 aliphatic rings. The van der Waals surface area contributed by atoms with Crippen LogP contribution < -0.4 is 10.6 Å². The Bertz CT molecular complexity index is 1140. The van der Waals surface area contributed by atoms with Crippen molar-refractivity contribution in [3.63, 3.8) is 0 Å². The van der Waals surface area contributed by atoms with Gasteiger partial charge in [0.05, 0.1) is 17.4 Å². The number of nitrogens with zero attached hydrogens (tertiary/aromatic N) is 2. The highest BCUT2D eigenvalue weighted by molar-refractivity contribution is 7.12. The normalized spacial score (nSPS) is 10.5. The van der Waals surface area contributed by atoms with Crippen LogP contribution in [0.3, 0.4) is 0 Å². The van der Waals surface area contributed by atoms with Crippen molar-refractivity contribution in [3.05, 3.63) is 95.0 Å². The molecule has 4 aromatic rings. The van der Waals surface area contributed by atoms with Crippen molar-refractivity contribution < 1.29 is 14.0 Å². The molecule has 0 fully saturated rings. The first-order valence-electron chi connectivity index (χ1n) is 8.65. The van der Waals surface area contributed by atoms with Crippen LogP contribution >= 0.6 is 11.3 Å². The number of hydrogen-bond acceptors (Lipinski definition) is 4. The van der Waals surface area contributed by atoms with E-state index in [1.54, 1.807) is 47.0 Å². The third-order valence-corrected chi connectivity index (χ3v) is 4.99. The first kappa shape index (κ1) is 18.6. The predicted molar refractivity (Wildman–Crippen MR) is 110 cm³/mol. The monoisotopic (exact) mass is 406 g/mol. The maximum Gasteiger partial charge on any atom is 0.274 e. The minimum Gasteiger partial charge on any atom is -0.321 e. The van der Waals surface area contributed by atoms with Gasteiger partial charge < -0.3 is 10.6 Å². The molecule has 2 amide bonds. The van der Waals surface area contributed by atoms with Crippen LogP contribution in [0.4, 0.5) is 15.8 Å². The van der Waals surface area contributed by atoms with Crippen molar-refractivity contribution in [1.82, 2.24) is 9.55 Å². The van der Waals surface area contributed by atoms with Gasteiger partial charge in [-0.15, -0.1) is 11.3 Å². The van der Waals surface area contributed by atoms with E-state index in [9.17, 15) is 14.0 Å². The van der Waals surface area contributed by atoms with Crippen LogP contribution in [0.1, 0.15) is 20.2 Å². The number of aromatic nitrogens is 2. The van der Waals surface area contributed by atoms with Gasteiger partial charge in [-0.05, 0) is 60.0 Å². The lowest BCUT2D eigenvalue weighted by Crippen LogP contribution is -2.16. The number of rotatable bonds is 5. The zero-order valence-corrected chi connectivity index (χ0v) is 15.8. The van der Waals surface area contributed by atoms with Crippen LogP contribution in [0.15, 0.2) is 78.6 Å². The fourth-order valence-corrected chi connectivity index (χ4v) is 3.32. The number of thiophene rings is 1. The summed E-state index contributed by atoms with van der Waals surface area (Å²) in [5.41, 5.74) is 2.13. The molecule has 0 unspecified atom stereocenters. The van der Waals surface area contributed by atoms with Crippen LogP contribution in [0.2, 0.25) is 0 Å². The molecule has 0 radical (unpaired) electrons. The second-order valence-electron chi connectivity index (χ2n) is 6.09. The van der Waals surface area contributed by atoms with Gasteiger partial charge in [0.2, 0.25) is 0 Å². The summed E-state index contributed by atoms with van der Waals surface area (Å²) in [5.74, 6) is -0.895. The summed E-state index contributed by atoms with van der Waals surface area (Å²) < 4.78 is 14.7. The standard InChI is InChI=1S/C21H15FN4O2S/c22-14-3-9-17(10-4-14)26-13-23-12-18(26)20(27)24-15-5-7-16(8-6-15)25-21(28)19-2-1-11-29-19/h1-13H,(H,24,27)(H,25,28). The van der Waals surface area contributed by atoms with Gasteiger partial charge >= 0.3 is 0 Å². The summed E-state index contributed by atoms with van der Waals surface area (Å²) >= 11 is 1.36. The molecular weight excluding hydrogens is 391 g/mol. The molecule has 4 rings (SSSR count). The number of carbonyl (C=O) groups excluding carboxylic acids is 2. The number of amides is 2. The molecule has 144 valence electrons. The van der Waals surface area contributed by atoms with Gasteiger partial charge in [0.15, 0.2) is 0 Å². The first-order chi connectivity index (χ1) is 14.1. The summed E-state index contributed by atoms with van der Waals surface area (Å²) in [6.45, 7) is 0. The van der Waals surface area contributed by atoms with E-state index in [4.69, 9.17) is 0 Å². The van der Waals surface area contributed by atoms with Crippen LogP contribution in [-0.2, 0) is 0 Å². The molecule has 8 heteroatoms. The largest absolute Gasteiger partial charge is 0.321 e. The Labute approximate surface area is 169 Å². The third kappa shape index (κ3) is 4.22. The topological polar surface area (TPSA) is 76.0 Å². The Morgan fingerprint density at radius 2 is 1.55 bits per heavy atom. The average molecular weight is 406 g/mol. The smallest absolute Gasteiger partial charge is 0.274 e. The van der Waals surface area contributed by atoms with Crippen molar-refractivity contribution in [1.29, 1.82) is 0 Å². The van der Waals surface area contributed by atoms with E-state index in [1.807, 2.05) is 11.4 Å². The van der Waals surface area contributed by atoms with E-state index in [0.717, 1.165) is 0 Å². The number of hydrogen-bond donors (Lipinski definition) is 2. The minimum absolute atomic E-state index is 0.181. The Balaban J connectivity index is 1.45. The predicted octanol–water partition coefficient (Wildman–Crippen LogP) is 4.58. The van der Waals surface area contributed by atoms with Gasteiger partial charge in [-0.3, -0.25) is 14.2 Å². The molecular formula is C21H15FN4O2S. The second-order valence-corrected chi connectivity index (χ2v) is 7.04. The lowest BCUT2D eigenvalue weighted by Gasteiger charge is -2.10. The Morgan fingerprint density at radius 3 is 2.17 bits per heavy atom. The zero-order chi connectivity index (χ0) is 20.2. The number of benzene rings is 2. The van der Waals surface area contributed by atoms with Crippen molar-refractivity contribution in [2.24, 2.45) is 0 Å². The van der Waals surface area contributed by atoms with E-state index in [0.29, 0.717) is 27.6 Å². The van der Waals surface area contributed by atoms with Crippen LogP contribution in [0.5, 0.6) is 0 Å². The molecule has 0 aliphatic carbocycles. The molecule has 29 heavy (non-hydrogen) atoms. The molecule has 2 N–H and O–H groups in total.